The van der Waals surface area contributed by atoms with Crippen molar-refractivity contribution in [2.45, 2.75) is 41.4 Å². The zero-order valence-electron chi connectivity index (χ0n) is 17.6. The summed E-state index contributed by atoms with van der Waals surface area (Å²) in [5.41, 5.74) is 2.46. The normalized spacial score (nSPS) is 23.2. The summed E-state index contributed by atoms with van der Waals surface area (Å²) >= 11 is 7.96. The first-order valence-electron chi connectivity index (χ1n) is 11.1. The van der Waals surface area contributed by atoms with E-state index in [0.29, 0.717) is 0 Å². The fourth-order valence-electron chi connectivity index (χ4n) is 4.73. The molecule has 166 valence electrons. The summed E-state index contributed by atoms with van der Waals surface area (Å²) in [6.07, 6.45) is 2.77. The Morgan fingerprint density at radius 1 is 1.00 bits per heavy atom. The maximum Gasteiger partial charge on any atom is 0.158 e. The highest BCUT2D eigenvalue weighted by Gasteiger charge is 2.30. The van der Waals surface area contributed by atoms with Gasteiger partial charge in [0.15, 0.2) is 6.29 Å². The minimum atomic E-state index is -0.181. The predicted octanol–water partition coefficient (Wildman–Crippen LogP) is 5.00. The summed E-state index contributed by atoms with van der Waals surface area (Å²) in [6.45, 7) is 6.65. The zero-order valence-corrected chi connectivity index (χ0v) is 19.1. The molecule has 2 aromatic rings. The lowest BCUT2D eigenvalue weighted by molar-refractivity contribution is -0.183. The van der Waals surface area contributed by atoms with Gasteiger partial charge in [-0.05, 0) is 54.3 Å². The van der Waals surface area contributed by atoms with Crippen molar-refractivity contribution in [1.29, 1.82) is 0 Å². The molecule has 0 N–H and O–H groups in total. The Kier molecular flexibility index (Phi) is 6.84. The summed E-state index contributed by atoms with van der Waals surface area (Å²) < 4.78 is 25.4. The number of hydrogen-bond acceptors (Lipinski definition) is 5. The minimum absolute atomic E-state index is 0.0475. The molecule has 3 heterocycles. The Labute approximate surface area is 192 Å². The maximum absolute atomic E-state index is 14.1. The first-order valence-corrected chi connectivity index (χ1v) is 12.3. The van der Waals surface area contributed by atoms with Crippen LogP contribution in [0.25, 0.3) is 0 Å². The van der Waals surface area contributed by atoms with Crippen LogP contribution < -0.4 is 0 Å². The molecule has 3 aliphatic heterocycles. The van der Waals surface area contributed by atoms with Gasteiger partial charge < -0.3 is 14.4 Å². The Morgan fingerprint density at radius 3 is 2.61 bits per heavy atom. The van der Waals surface area contributed by atoms with Gasteiger partial charge in [-0.1, -0.05) is 29.4 Å². The highest BCUT2D eigenvalue weighted by atomic mass is 35.5. The first kappa shape index (κ1) is 21.7. The average molecular weight is 463 g/mol. The highest BCUT2D eigenvalue weighted by molar-refractivity contribution is 7.99. The van der Waals surface area contributed by atoms with Gasteiger partial charge in [0.25, 0.3) is 0 Å². The number of piperazine rings is 1. The molecular weight excluding hydrogens is 435 g/mol. The second-order valence-corrected chi connectivity index (χ2v) is 9.97. The fourth-order valence-corrected chi connectivity index (χ4v) is 6.07. The number of fused-ring (bicyclic) bond motifs is 2. The van der Waals surface area contributed by atoms with Crippen molar-refractivity contribution in [3.8, 4) is 0 Å². The van der Waals surface area contributed by atoms with Crippen molar-refractivity contribution in [2.75, 3.05) is 45.9 Å². The lowest BCUT2D eigenvalue weighted by Crippen LogP contribution is -2.48. The Balaban J connectivity index is 1.29. The van der Waals surface area contributed by atoms with Crippen LogP contribution in [-0.4, -0.2) is 62.0 Å². The molecule has 0 bridgehead atoms. The van der Waals surface area contributed by atoms with Crippen LogP contribution >= 0.6 is 23.4 Å². The summed E-state index contributed by atoms with van der Waals surface area (Å²) in [4.78, 5) is 7.24. The van der Waals surface area contributed by atoms with E-state index < -0.39 is 0 Å². The summed E-state index contributed by atoms with van der Waals surface area (Å²) in [6, 6.07) is 11.5. The molecule has 0 aromatic heterocycles. The van der Waals surface area contributed by atoms with Crippen molar-refractivity contribution in [1.82, 2.24) is 9.80 Å². The van der Waals surface area contributed by atoms with Crippen molar-refractivity contribution >= 4 is 23.4 Å². The lowest BCUT2D eigenvalue weighted by Gasteiger charge is -2.40. The van der Waals surface area contributed by atoms with Crippen LogP contribution in [0.2, 0.25) is 5.02 Å². The van der Waals surface area contributed by atoms with Gasteiger partial charge in [-0.25, -0.2) is 4.39 Å². The van der Waals surface area contributed by atoms with E-state index in [2.05, 4.69) is 21.9 Å². The number of nitrogens with zero attached hydrogens (tertiary/aromatic N) is 2. The van der Waals surface area contributed by atoms with Crippen molar-refractivity contribution in [2.24, 2.45) is 0 Å². The van der Waals surface area contributed by atoms with Gasteiger partial charge in [0.2, 0.25) is 0 Å². The van der Waals surface area contributed by atoms with Crippen LogP contribution in [0.4, 0.5) is 4.39 Å². The second-order valence-electron chi connectivity index (χ2n) is 8.45. The molecule has 0 amide bonds. The van der Waals surface area contributed by atoms with E-state index in [9.17, 15) is 4.39 Å². The summed E-state index contributed by atoms with van der Waals surface area (Å²) in [5, 5.41) is 0.757. The number of halogens is 2. The van der Waals surface area contributed by atoms with Gasteiger partial charge in [-0.3, -0.25) is 4.90 Å². The van der Waals surface area contributed by atoms with Gasteiger partial charge in [0.05, 0.1) is 13.2 Å². The Bertz CT molecular complexity index is 916. The number of benzene rings is 2. The van der Waals surface area contributed by atoms with Crippen molar-refractivity contribution in [3.63, 3.8) is 0 Å². The zero-order chi connectivity index (χ0) is 21.2. The van der Waals surface area contributed by atoms with Crippen LogP contribution in [0.5, 0.6) is 0 Å². The van der Waals surface area contributed by atoms with Crippen molar-refractivity contribution in [3.05, 3.63) is 58.4 Å². The quantitative estimate of drug-likeness (QED) is 0.636. The van der Waals surface area contributed by atoms with E-state index in [4.69, 9.17) is 21.1 Å². The first-order chi connectivity index (χ1) is 15.2. The molecule has 4 nitrogen and oxygen atoms in total. The number of hydrogen-bond donors (Lipinski definition) is 0. The molecule has 0 unspecified atom stereocenters. The third-order valence-corrected chi connectivity index (χ3v) is 7.84. The van der Waals surface area contributed by atoms with Crippen LogP contribution in [0.15, 0.2) is 46.2 Å². The van der Waals surface area contributed by atoms with E-state index in [-0.39, 0.29) is 18.1 Å². The average Bonchev–Trinajstić information content (AvgIpc) is 2.94. The largest absolute Gasteiger partial charge is 0.353 e. The maximum atomic E-state index is 14.1. The van der Waals surface area contributed by atoms with Gasteiger partial charge in [0.1, 0.15) is 5.82 Å². The summed E-state index contributed by atoms with van der Waals surface area (Å²) in [5.74, 6) is -0.181. The standard InChI is InChI=1S/C24H28ClFN2O2S/c25-18-2-5-22-17(14-18)15-21(20-4-3-19(26)16-23(20)31-22)28-10-8-27(9-11-28)7-6-24-29-12-1-13-30-24/h2-5,14,16,21,24H,1,6-13,15H2/t21-/m1/s1. The minimum Gasteiger partial charge on any atom is -0.353 e. The van der Waals surface area contributed by atoms with Gasteiger partial charge in [-0.15, -0.1) is 0 Å². The SMILES string of the molecule is Fc1ccc2c(c1)Sc1ccc(Cl)cc1C[C@H]2N1CCN(CCC2OCCCO2)CC1. The third-order valence-electron chi connectivity index (χ3n) is 6.42. The molecule has 0 spiro atoms. The Morgan fingerprint density at radius 2 is 1.81 bits per heavy atom. The molecule has 1 atom stereocenters. The van der Waals surface area contributed by atoms with Gasteiger partial charge in [-0.2, -0.15) is 0 Å². The highest BCUT2D eigenvalue weighted by Crippen LogP contribution is 2.44. The number of rotatable bonds is 4. The fraction of sp³-hybridized carbons (Fsp3) is 0.500. The molecule has 0 aliphatic carbocycles. The molecule has 3 aliphatic rings. The van der Waals surface area contributed by atoms with Crippen LogP contribution in [-0.2, 0) is 15.9 Å². The van der Waals surface area contributed by atoms with Crippen molar-refractivity contribution < 1.29 is 13.9 Å². The topological polar surface area (TPSA) is 24.9 Å². The molecule has 2 fully saturated rings. The second kappa shape index (κ2) is 9.77. The van der Waals surface area contributed by atoms with E-state index in [0.717, 1.165) is 75.1 Å². The van der Waals surface area contributed by atoms with E-state index in [1.54, 1.807) is 23.9 Å². The van der Waals surface area contributed by atoms with Crippen LogP contribution in [0, 0.1) is 5.82 Å². The van der Waals surface area contributed by atoms with E-state index >= 15 is 0 Å². The molecular formula is C24H28ClFN2O2S. The van der Waals surface area contributed by atoms with E-state index in [1.165, 1.54) is 16.0 Å². The van der Waals surface area contributed by atoms with E-state index in [1.807, 2.05) is 12.1 Å². The van der Waals surface area contributed by atoms with Crippen LogP contribution in [0.3, 0.4) is 0 Å². The monoisotopic (exact) mass is 462 g/mol. The molecule has 0 radical (unpaired) electrons. The van der Waals surface area contributed by atoms with Gasteiger partial charge in [0, 0.05) is 60.0 Å². The predicted molar refractivity (Wildman–Crippen MR) is 121 cm³/mol. The molecule has 7 heteroatoms. The lowest BCUT2D eigenvalue weighted by atomic mass is 9.96. The molecule has 0 saturated carbocycles. The molecule has 5 rings (SSSR count). The number of ether oxygens (including phenoxy) is 2. The molecule has 31 heavy (non-hydrogen) atoms. The van der Waals surface area contributed by atoms with Crippen LogP contribution in [0.1, 0.15) is 30.0 Å². The third kappa shape index (κ3) is 5.10. The summed E-state index contributed by atoms with van der Waals surface area (Å²) in [7, 11) is 0. The molecule has 2 aromatic carbocycles. The van der Waals surface area contributed by atoms with Gasteiger partial charge >= 0.3 is 0 Å². The molecule has 2 saturated heterocycles. The smallest absolute Gasteiger partial charge is 0.158 e. The Hall–Kier alpha value is -1.15.